The van der Waals surface area contributed by atoms with Crippen LogP contribution in [0.2, 0.25) is 0 Å². The normalized spacial score (nSPS) is 43.2. The Morgan fingerprint density at radius 3 is 1.53 bits per heavy atom. The number of ether oxygens (including phenoxy) is 9. The average molecular weight is 1720 g/mol. The van der Waals surface area contributed by atoms with E-state index in [2.05, 4.69) is 20.4 Å². The molecule has 3 heterocycles. The molecular weight excluding hydrogens is 1590 g/mol. The minimum Gasteiger partial charge on any atom is -0.455 e. The Bertz CT molecular complexity index is 4910. The fourth-order valence-corrected chi connectivity index (χ4v) is 25.4. The summed E-state index contributed by atoms with van der Waals surface area (Å²) in [7, 11) is 0. The Hall–Kier alpha value is -8.32. The molecule has 0 amide bonds. The minimum atomic E-state index is -2.33. The summed E-state index contributed by atoms with van der Waals surface area (Å²) >= 11 is 0. The molecule has 26 nitrogen and oxygen atoms in total. The van der Waals surface area contributed by atoms with Crippen molar-refractivity contribution in [3.05, 3.63) is 191 Å². The molecule has 124 heavy (non-hydrogen) atoms. The fraction of sp³-hybridized carbons (Fsp3) is 0.592. The standard InChI is InChI=1S/C34H36O10.C32H44O8.C32H42O8/c1-17(2)32-25(40-28(37)20-11-7-5-8-12-20)19(4)33-22-15-18(3)24(36)31(22,39)29(38)30(16-35)26(41-30)23(33)27(32)42-34(43-32,44-33)21-13-9-6-10-14-21;2*1-7-8-9-10-11-12-13-14-25(35)39-28-20(3)31(38)23(26-29(5,6)32(26,28)40-21(4)34)16-22(18-33)17-30(37)24(31)15-19(2)27(30)36/h5-14,18-19,22-23,25-27,29,35,38-39H,1,15-16H2,2-4H3;11-16,20,23-24,26,28,33,37-38H,7-10,17-18H2,1-6H3;9-16,20,23-24,26,28,33,37-38H,7-8,17-18H2,1-6H3/b;12-11+,14-13+;10-9+,12-11+,14-13+/t18?,19-,22?,23?,25-,26+,27-,29-,30+,31-,32+,33+,34?;20-,23+,24-,26-,28-,30-,31-,32-;20-,23?,24?,26?,28-,30-,31-,32-/m111/s1. The van der Waals surface area contributed by atoms with E-state index in [-0.39, 0.29) is 19.3 Å². The van der Waals surface area contributed by atoms with Crippen molar-refractivity contribution in [2.45, 2.75) is 260 Å². The largest absolute Gasteiger partial charge is 0.455 e. The van der Waals surface area contributed by atoms with Crippen LogP contribution in [0.4, 0.5) is 0 Å². The van der Waals surface area contributed by atoms with Gasteiger partial charge in [-0.1, -0.05) is 217 Å². The Labute approximate surface area is 723 Å². The maximum Gasteiger partial charge on any atom is 0.338 e. The molecule has 2 aromatic rings. The van der Waals surface area contributed by atoms with E-state index in [0.29, 0.717) is 39.0 Å². The number of aliphatic hydroxyl groups is 9. The highest BCUT2D eigenvalue weighted by Gasteiger charge is 2.93. The molecule has 11 aliphatic carbocycles. The predicted molar refractivity (Wildman–Crippen MR) is 449 cm³/mol. The minimum absolute atomic E-state index is 0.127. The summed E-state index contributed by atoms with van der Waals surface area (Å²) in [6.45, 7) is 29.2. The molecule has 670 valence electrons. The number of carbonyl (C=O) groups is 8. The lowest BCUT2D eigenvalue weighted by atomic mass is 9.52. The number of fused-ring (bicyclic) bond motifs is 13. The van der Waals surface area contributed by atoms with Gasteiger partial charge in [0.15, 0.2) is 39.8 Å². The van der Waals surface area contributed by atoms with Crippen molar-refractivity contribution in [1.29, 1.82) is 0 Å². The topological polar surface area (TPSA) is 405 Å². The smallest absolute Gasteiger partial charge is 0.338 e. The highest BCUT2D eigenvalue weighted by Crippen LogP contribution is 2.80. The number of rotatable bonds is 22. The summed E-state index contributed by atoms with van der Waals surface area (Å²) in [5, 5.41) is 104. The zero-order chi connectivity index (χ0) is 90.4. The SMILES string of the molecule is C=C(C)[C@@]12OC3(c4ccccc4)O[C@@H]1C1[C@@H]4O[C@]4(CO)[C@@H](O)[C@]4(O)C(=O)C(C)CC4[C@@]1(O3)[C@H](C)[C@H]2OC(=O)c1ccccc1.CCC/C=C/C=C/C=C/C(=O)O[C@@H]1[C@@H](C)[C@@]2(O)C(C=C(CO)C[C@]3(O)C(=O)C(C)=CC23)C2C(C)(C)[C@@]21OC(C)=O.CCCCC/C=C/C=C/C(=O)O[C@@H]1[C@@H](C)[C@@]2(O)[C@@H](C=C(CO)C[C@]3(O)C(=O)C(C)=C[C@@H]23)[C@@H]2C(C)(C)[C@]12OC(C)=O. The van der Waals surface area contributed by atoms with Gasteiger partial charge in [-0.05, 0) is 86.5 Å². The number of unbranched alkanes of at least 4 members (excludes halogenated alkanes) is 4. The van der Waals surface area contributed by atoms with Crippen LogP contribution in [0.25, 0.3) is 0 Å². The lowest BCUT2D eigenvalue weighted by molar-refractivity contribution is -0.443. The lowest BCUT2D eigenvalue weighted by Crippen LogP contribution is -2.76. The Morgan fingerprint density at radius 1 is 0.573 bits per heavy atom. The van der Waals surface area contributed by atoms with Gasteiger partial charge in [0.1, 0.15) is 53.4 Å². The second-order valence-electron chi connectivity index (χ2n) is 38.5. The Kier molecular flexibility index (Phi) is 24.1. The molecule has 0 aromatic heterocycles. The van der Waals surface area contributed by atoms with Gasteiger partial charge in [0.25, 0.3) is 0 Å². The lowest BCUT2D eigenvalue weighted by Gasteiger charge is -2.61. The van der Waals surface area contributed by atoms with Crippen molar-refractivity contribution in [1.82, 2.24) is 0 Å². The number of hydrogen-bond donors (Lipinski definition) is 9. The van der Waals surface area contributed by atoms with Crippen LogP contribution in [-0.2, 0) is 82.2 Å². The van der Waals surface area contributed by atoms with E-state index in [4.69, 9.17) is 42.6 Å². The van der Waals surface area contributed by atoms with Crippen molar-refractivity contribution < 1.29 is 127 Å². The summed E-state index contributed by atoms with van der Waals surface area (Å²) in [5.41, 5.74) is -15.3. The summed E-state index contributed by atoms with van der Waals surface area (Å²) in [6, 6.07) is 17.7. The molecule has 3 bridgehead atoms. The van der Waals surface area contributed by atoms with Gasteiger partial charge in [0.2, 0.25) is 0 Å². The summed E-state index contributed by atoms with van der Waals surface area (Å²) in [4.78, 5) is 105. The first kappa shape index (κ1) is 91.9. The van der Waals surface area contributed by atoms with Gasteiger partial charge in [-0.15, -0.1) is 0 Å². The van der Waals surface area contributed by atoms with Gasteiger partial charge < -0.3 is 88.6 Å². The predicted octanol–water partition coefficient (Wildman–Crippen LogP) is 9.51. The van der Waals surface area contributed by atoms with Crippen LogP contribution in [0.15, 0.2) is 180 Å². The van der Waals surface area contributed by atoms with E-state index in [1.54, 1.807) is 139 Å². The maximum absolute atomic E-state index is 13.9. The zero-order valence-corrected chi connectivity index (χ0v) is 73.4. The third-order valence-electron chi connectivity index (χ3n) is 31.2. The second-order valence-corrected chi connectivity index (χ2v) is 38.5. The third-order valence-corrected chi connectivity index (χ3v) is 31.2. The van der Waals surface area contributed by atoms with Crippen molar-refractivity contribution in [3.8, 4) is 0 Å². The zero-order valence-electron chi connectivity index (χ0n) is 73.4. The van der Waals surface area contributed by atoms with Crippen LogP contribution >= 0.6 is 0 Å². The van der Waals surface area contributed by atoms with Crippen LogP contribution in [-0.4, -0.2) is 206 Å². The molecule has 26 heteroatoms. The van der Waals surface area contributed by atoms with Gasteiger partial charge in [0, 0.05) is 126 Å². The Morgan fingerprint density at radius 2 is 1.06 bits per heavy atom. The first-order chi connectivity index (χ1) is 58.4. The third kappa shape index (κ3) is 13.2. The number of epoxide rings is 1. The van der Waals surface area contributed by atoms with Gasteiger partial charge in [-0.2, -0.15) is 0 Å². The molecule has 7 unspecified atom stereocenters. The quantitative estimate of drug-likeness (QED) is 0.0101. The van der Waals surface area contributed by atoms with Crippen molar-refractivity contribution in [2.75, 3.05) is 19.8 Å². The average Bonchev–Trinajstić information content (AvgIpc) is 1.47. The Balaban J connectivity index is 0.000000152. The molecule has 3 saturated heterocycles. The first-order valence-electron chi connectivity index (χ1n) is 43.8. The number of esters is 5. The maximum atomic E-state index is 13.9. The van der Waals surface area contributed by atoms with Gasteiger partial charge in [0.05, 0.1) is 42.2 Å². The monoisotopic (exact) mass is 1710 g/mol. The number of carbonyl (C=O) groups excluding carboxylic acids is 8. The molecule has 0 radical (unpaired) electrons. The highest BCUT2D eigenvalue weighted by atomic mass is 16.9. The van der Waals surface area contributed by atoms with Gasteiger partial charge >= 0.3 is 35.8 Å². The summed E-state index contributed by atoms with van der Waals surface area (Å²) in [5.74, 6) is -15.6. The van der Waals surface area contributed by atoms with Crippen LogP contribution in [0.1, 0.15) is 178 Å². The number of hydrogen-bond acceptors (Lipinski definition) is 26. The number of allylic oxidation sites excluding steroid dienone is 8. The molecule has 29 atom stereocenters. The molecular formula is C98H122O26. The van der Waals surface area contributed by atoms with E-state index in [1.807, 2.05) is 71.0 Å². The summed E-state index contributed by atoms with van der Waals surface area (Å²) < 4.78 is 57.6. The molecule has 9 N–H and O–H groups in total. The number of Topliss-reactive ketones (excluding diaryl/α,β-unsaturated/α-hetero) is 3. The number of aliphatic hydroxyl groups excluding tert-OH is 4. The molecule has 3 aliphatic heterocycles. The van der Waals surface area contributed by atoms with Gasteiger partial charge in [-0.25, -0.2) is 14.4 Å². The van der Waals surface area contributed by atoms with Gasteiger partial charge in [-0.3, -0.25) is 24.0 Å². The summed E-state index contributed by atoms with van der Waals surface area (Å²) in [6.07, 6.45) is 23.1. The molecule has 0 spiro atoms. The molecule has 2 aromatic carbocycles. The van der Waals surface area contributed by atoms with Crippen molar-refractivity contribution in [2.24, 2.45) is 81.8 Å². The van der Waals surface area contributed by atoms with E-state index in [9.17, 15) is 84.3 Å². The van der Waals surface area contributed by atoms with Crippen LogP contribution in [0, 0.1) is 81.8 Å². The van der Waals surface area contributed by atoms with E-state index >= 15 is 0 Å². The molecule has 10 fully saturated rings. The van der Waals surface area contributed by atoms with E-state index in [0.717, 1.165) is 38.5 Å². The first-order valence-corrected chi connectivity index (χ1v) is 43.8. The second kappa shape index (κ2) is 32.5. The molecule has 16 rings (SSSR count). The molecule has 7 saturated carbocycles. The fourth-order valence-electron chi connectivity index (χ4n) is 25.4. The van der Waals surface area contributed by atoms with E-state index < -0.39 is 247 Å². The van der Waals surface area contributed by atoms with Crippen molar-refractivity contribution >= 4 is 47.2 Å². The molecule has 14 aliphatic rings. The van der Waals surface area contributed by atoms with Crippen LogP contribution in [0.3, 0.4) is 0 Å². The van der Waals surface area contributed by atoms with E-state index in [1.165, 1.54) is 26.0 Å². The highest BCUT2D eigenvalue weighted by molar-refractivity contribution is 6.05. The van der Waals surface area contributed by atoms with Crippen molar-refractivity contribution in [3.63, 3.8) is 0 Å². The van der Waals surface area contributed by atoms with Crippen LogP contribution < -0.4 is 0 Å². The number of ketones is 3. The van der Waals surface area contributed by atoms with Crippen LogP contribution in [0.5, 0.6) is 0 Å². The number of benzene rings is 2.